The van der Waals surface area contributed by atoms with E-state index in [1.807, 2.05) is 13.1 Å². The van der Waals surface area contributed by atoms with Crippen molar-refractivity contribution in [3.8, 4) is 5.88 Å². The van der Waals surface area contributed by atoms with Crippen LogP contribution in [0.15, 0.2) is 57.1 Å². The highest BCUT2D eigenvalue weighted by Crippen LogP contribution is 2.36. The first-order valence-corrected chi connectivity index (χ1v) is 12.2. The van der Waals surface area contributed by atoms with Crippen LogP contribution >= 0.6 is 0 Å². The molecule has 10 heteroatoms. The number of hydrogen-bond donors (Lipinski definition) is 2. The van der Waals surface area contributed by atoms with Gasteiger partial charge in [-0.3, -0.25) is 4.99 Å². The Morgan fingerprint density at radius 2 is 2.19 bits per heavy atom. The van der Waals surface area contributed by atoms with Crippen molar-refractivity contribution in [1.29, 1.82) is 0 Å². The number of ether oxygens (including phenoxy) is 1. The van der Waals surface area contributed by atoms with Gasteiger partial charge in [-0.1, -0.05) is 6.07 Å². The summed E-state index contributed by atoms with van der Waals surface area (Å²) < 4.78 is 29.5. The predicted octanol–water partition coefficient (Wildman–Crippen LogP) is 2.45. The Balaban J connectivity index is 1.70. The molecule has 2 aromatic rings. The quantitative estimate of drug-likeness (QED) is 0.537. The van der Waals surface area contributed by atoms with E-state index in [9.17, 15) is 8.42 Å². The van der Waals surface area contributed by atoms with Crippen LogP contribution in [-0.2, 0) is 9.84 Å². The molecule has 0 saturated carbocycles. The van der Waals surface area contributed by atoms with Crippen LogP contribution in [0.4, 0.5) is 17.1 Å². The van der Waals surface area contributed by atoms with Gasteiger partial charge in [0.25, 0.3) is 0 Å². The van der Waals surface area contributed by atoms with Crippen molar-refractivity contribution in [2.75, 3.05) is 42.7 Å². The molecular weight excluding hydrogens is 428 g/mol. The Hall–Kier alpha value is -3.40. The van der Waals surface area contributed by atoms with Crippen molar-refractivity contribution in [2.24, 2.45) is 15.7 Å². The SMILES string of the molecule is Cc1c(N2CC/C(=C/N=CN)C(=Nc3cccc(S(C)(=O)=O)c3)C2)cnc2c1NCCO2. The summed E-state index contributed by atoms with van der Waals surface area (Å²) in [5.74, 6) is 0.624. The Labute approximate surface area is 187 Å². The summed E-state index contributed by atoms with van der Waals surface area (Å²) in [5.41, 5.74) is 10.8. The van der Waals surface area contributed by atoms with Crippen molar-refractivity contribution >= 4 is 38.9 Å². The molecule has 2 aliphatic rings. The molecule has 32 heavy (non-hydrogen) atoms. The van der Waals surface area contributed by atoms with Crippen molar-refractivity contribution in [1.82, 2.24) is 4.98 Å². The van der Waals surface area contributed by atoms with Gasteiger partial charge < -0.3 is 20.7 Å². The van der Waals surface area contributed by atoms with Gasteiger partial charge in [0.15, 0.2) is 9.84 Å². The molecule has 3 heterocycles. The zero-order chi connectivity index (χ0) is 22.7. The number of pyridine rings is 1. The van der Waals surface area contributed by atoms with E-state index in [0.717, 1.165) is 41.3 Å². The fourth-order valence-corrected chi connectivity index (χ4v) is 4.48. The minimum Gasteiger partial charge on any atom is -0.474 e. The minimum absolute atomic E-state index is 0.235. The number of aliphatic imine (C=N–C) groups is 2. The van der Waals surface area contributed by atoms with Gasteiger partial charge in [0, 0.05) is 31.1 Å². The molecule has 4 rings (SSSR count). The average molecular weight is 455 g/mol. The van der Waals surface area contributed by atoms with Gasteiger partial charge in [-0.2, -0.15) is 0 Å². The standard InChI is InChI=1S/C22H26N6O3S/c1-15-20(12-26-22-21(15)25-7-9-31-22)28-8-6-16(11-24-14-23)19(13-28)27-17-4-3-5-18(10-17)32(2,29)30/h3-5,10-12,14,25H,6-9,13H2,1-2H3,(H2,23,24)/b16-11-,27-19?. The third-order valence-corrected chi connectivity index (χ3v) is 6.56. The number of rotatable bonds is 4. The van der Waals surface area contributed by atoms with Crippen LogP contribution in [0.1, 0.15) is 12.0 Å². The fraction of sp³-hybridized carbons (Fsp3) is 0.318. The topological polar surface area (TPSA) is 122 Å². The smallest absolute Gasteiger partial charge is 0.237 e. The zero-order valence-corrected chi connectivity index (χ0v) is 18.9. The summed E-state index contributed by atoms with van der Waals surface area (Å²) in [7, 11) is -3.32. The Morgan fingerprint density at radius 1 is 1.34 bits per heavy atom. The molecule has 0 unspecified atom stereocenters. The molecule has 0 amide bonds. The maximum absolute atomic E-state index is 12.0. The Morgan fingerprint density at radius 3 is 2.97 bits per heavy atom. The third kappa shape index (κ3) is 4.59. The van der Waals surface area contributed by atoms with Crippen LogP contribution < -0.4 is 20.7 Å². The molecule has 0 spiro atoms. The molecule has 1 saturated heterocycles. The molecule has 0 bridgehead atoms. The highest BCUT2D eigenvalue weighted by molar-refractivity contribution is 7.90. The summed E-state index contributed by atoms with van der Waals surface area (Å²) in [6.45, 7) is 4.68. The fourth-order valence-electron chi connectivity index (χ4n) is 3.82. The molecule has 1 fully saturated rings. The normalized spacial score (nSPS) is 19.1. The van der Waals surface area contributed by atoms with Gasteiger partial charge in [-0.25, -0.2) is 18.4 Å². The third-order valence-electron chi connectivity index (χ3n) is 5.45. The molecule has 1 aromatic heterocycles. The van der Waals surface area contributed by atoms with E-state index < -0.39 is 9.84 Å². The lowest BCUT2D eigenvalue weighted by atomic mass is 10.0. The lowest BCUT2D eigenvalue weighted by Crippen LogP contribution is -2.38. The maximum Gasteiger partial charge on any atom is 0.237 e. The number of anilines is 2. The molecule has 3 N–H and O–H groups in total. The first kappa shape index (κ1) is 21.8. The number of fused-ring (bicyclic) bond motifs is 1. The Kier molecular flexibility index (Phi) is 6.13. The van der Waals surface area contributed by atoms with E-state index in [1.165, 1.54) is 12.6 Å². The zero-order valence-electron chi connectivity index (χ0n) is 18.1. The van der Waals surface area contributed by atoms with Crippen LogP contribution in [0.5, 0.6) is 5.88 Å². The van der Waals surface area contributed by atoms with Crippen molar-refractivity contribution in [2.45, 2.75) is 18.2 Å². The molecule has 0 atom stereocenters. The molecular formula is C22H26N6O3S. The number of piperidine rings is 1. The first-order valence-electron chi connectivity index (χ1n) is 10.3. The number of nitrogens with two attached hydrogens (primary N) is 1. The molecule has 0 aliphatic carbocycles. The van der Waals surface area contributed by atoms with Crippen LogP contribution in [0, 0.1) is 6.92 Å². The van der Waals surface area contributed by atoms with Gasteiger partial charge >= 0.3 is 0 Å². The van der Waals surface area contributed by atoms with Crippen LogP contribution in [0.25, 0.3) is 0 Å². The van der Waals surface area contributed by atoms with Crippen molar-refractivity contribution in [3.05, 3.63) is 47.8 Å². The molecule has 9 nitrogen and oxygen atoms in total. The highest BCUT2D eigenvalue weighted by Gasteiger charge is 2.25. The van der Waals surface area contributed by atoms with Crippen molar-refractivity contribution in [3.63, 3.8) is 0 Å². The number of aromatic nitrogens is 1. The summed E-state index contributed by atoms with van der Waals surface area (Å²) in [6, 6.07) is 6.63. The number of nitrogens with one attached hydrogen (secondary N) is 1. The summed E-state index contributed by atoms with van der Waals surface area (Å²) >= 11 is 0. The van der Waals surface area contributed by atoms with Gasteiger partial charge in [0.05, 0.1) is 41.1 Å². The minimum atomic E-state index is -3.32. The van der Waals surface area contributed by atoms with Gasteiger partial charge in [0.2, 0.25) is 5.88 Å². The molecule has 0 radical (unpaired) electrons. The van der Waals surface area contributed by atoms with E-state index in [1.54, 1.807) is 30.5 Å². The van der Waals surface area contributed by atoms with Crippen LogP contribution in [0.3, 0.4) is 0 Å². The lowest BCUT2D eigenvalue weighted by molar-refractivity contribution is 0.310. The number of hydrogen-bond acceptors (Lipinski definition) is 8. The van der Waals surface area contributed by atoms with Crippen molar-refractivity contribution < 1.29 is 13.2 Å². The second-order valence-corrected chi connectivity index (χ2v) is 9.69. The molecule has 168 valence electrons. The van der Waals surface area contributed by atoms with Gasteiger partial charge in [-0.15, -0.1) is 0 Å². The van der Waals surface area contributed by atoms with E-state index in [2.05, 4.69) is 20.2 Å². The van der Waals surface area contributed by atoms with E-state index >= 15 is 0 Å². The second-order valence-electron chi connectivity index (χ2n) is 7.68. The summed E-state index contributed by atoms with van der Waals surface area (Å²) in [4.78, 5) is 15.8. The first-order chi connectivity index (χ1) is 15.4. The van der Waals surface area contributed by atoms with Crippen LogP contribution in [-0.4, -0.2) is 57.9 Å². The maximum atomic E-state index is 12.0. The average Bonchev–Trinajstić information content (AvgIpc) is 2.78. The highest BCUT2D eigenvalue weighted by atomic mass is 32.2. The number of benzene rings is 1. The monoisotopic (exact) mass is 454 g/mol. The van der Waals surface area contributed by atoms with Gasteiger partial charge in [-0.05, 0) is 37.1 Å². The molecule has 2 aliphatic heterocycles. The summed E-state index contributed by atoms with van der Waals surface area (Å²) in [6.07, 6.45) is 6.68. The number of nitrogens with zero attached hydrogens (tertiary/aromatic N) is 4. The van der Waals surface area contributed by atoms with E-state index in [-0.39, 0.29) is 4.90 Å². The van der Waals surface area contributed by atoms with E-state index in [0.29, 0.717) is 31.1 Å². The second kappa shape index (κ2) is 8.99. The lowest BCUT2D eigenvalue weighted by Gasteiger charge is -2.33. The summed E-state index contributed by atoms with van der Waals surface area (Å²) in [5, 5.41) is 3.37. The van der Waals surface area contributed by atoms with Crippen LogP contribution in [0.2, 0.25) is 0 Å². The predicted molar refractivity (Wildman–Crippen MR) is 127 cm³/mol. The van der Waals surface area contributed by atoms with E-state index in [4.69, 9.17) is 15.5 Å². The van der Waals surface area contributed by atoms with Gasteiger partial charge in [0.1, 0.15) is 12.3 Å². The largest absolute Gasteiger partial charge is 0.474 e. The number of sulfone groups is 1. The molecule has 1 aromatic carbocycles. The Bertz CT molecular complexity index is 1220.